The smallest absolute Gasteiger partial charge is 0.416 e. The van der Waals surface area contributed by atoms with Crippen LogP contribution in [0.2, 0.25) is 0 Å². The minimum Gasteiger partial charge on any atom is -0.493 e. The Morgan fingerprint density at radius 2 is 1.81 bits per heavy atom. The zero-order valence-corrected chi connectivity index (χ0v) is 20.6. The highest BCUT2D eigenvalue weighted by atomic mass is 19.4. The van der Waals surface area contributed by atoms with Gasteiger partial charge >= 0.3 is 6.18 Å². The van der Waals surface area contributed by atoms with Gasteiger partial charge in [0, 0.05) is 11.5 Å². The largest absolute Gasteiger partial charge is 0.493 e. The first kappa shape index (κ1) is 25.9. The number of nitrogens with zero attached hydrogens (tertiary/aromatic N) is 2. The molecule has 0 bridgehead atoms. The number of nitrogens with one attached hydrogen (secondary N) is 1. The van der Waals surface area contributed by atoms with E-state index in [-0.39, 0.29) is 17.8 Å². The van der Waals surface area contributed by atoms with Gasteiger partial charge < -0.3 is 19.5 Å². The Hall–Kier alpha value is -3.14. The third-order valence-corrected chi connectivity index (χ3v) is 6.14. The molecular weight excluding hydrogens is 478 g/mol. The van der Waals surface area contributed by atoms with Crippen LogP contribution in [0.5, 0.6) is 11.5 Å². The zero-order valence-electron chi connectivity index (χ0n) is 20.6. The van der Waals surface area contributed by atoms with Crippen LogP contribution in [-0.2, 0) is 10.9 Å². The number of aryl methyl sites for hydroxylation is 1. The molecule has 1 saturated carbocycles. The monoisotopic (exact) mass is 507 g/mol. The molecule has 0 amide bonds. The number of halogens is 4. The number of rotatable bonds is 9. The second kappa shape index (κ2) is 10.5. The van der Waals surface area contributed by atoms with Gasteiger partial charge in [0.05, 0.1) is 36.9 Å². The van der Waals surface area contributed by atoms with Gasteiger partial charge in [-0.15, -0.1) is 0 Å². The fourth-order valence-corrected chi connectivity index (χ4v) is 3.99. The van der Waals surface area contributed by atoms with Crippen LogP contribution in [0.4, 0.5) is 23.4 Å². The fraction of sp³-hybridized carbons (Fsp3) is 0.462. The van der Waals surface area contributed by atoms with Crippen molar-refractivity contribution in [1.29, 1.82) is 0 Å². The van der Waals surface area contributed by atoms with Gasteiger partial charge in [0.15, 0.2) is 11.5 Å². The van der Waals surface area contributed by atoms with Crippen molar-refractivity contribution < 1.29 is 31.8 Å². The maximum absolute atomic E-state index is 14.0. The van der Waals surface area contributed by atoms with Crippen molar-refractivity contribution in [3.63, 3.8) is 0 Å². The Bertz CT molecular complexity index is 1230. The molecule has 1 aliphatic rings. The number of anilines is 1. The Labute approximate surface area is 207 Å². The molecule has 0 spiro atoms. The molecule has 1 heterocycles. The number of hydrogen-bond acceptors (Lipinski definition) is 6. The summed E-state index contributed by atoms with van der Waals surface area (Å²) >= 11 is 0. The first-order valence-electron chi connectivity index (χ1n) is 11.8. The van der Waals surface area contributed by atoms with E-state index in [1.807, 2.05) is 6.92 Å². The number of aromatic nitrogens is 2. The van der Waals surface area contributed by atoms with E-state index < -0.39 is 23.6 Å². The number of fused-ring (bicyclic) bond motifs is 1. The van der Waals surface area contributed by atoms with Crippen molar-refractivity contribution in [1.82, 2.24) is 9.97 Å². The summed E-state index contributed by atoms with van der Waals surface area (Å²) in [5.74, 6) is 0.813. The van der Waals surface area contributed by atoms with Crippen LogP contribution in [0.3, 0.4) is 0 Å². The molecule has 0 radical (unpaired) electrons. The van der Waals surface area contributed by atoms with Crippen molar-refractivity contribution in [2.75, 3.05) is 19.0 Å². The number of alkyl halides is 3. The van der Waals surface area contributed by atoms with Crippen molar-refractivity contribution in [2.24, 2.45) is 0 Å². The van der Waals surface area contributed by atoms with Gasteiger partial charge in [-0.2, -0.15) is 13.2 Å². The highest BCUT2D eigenvalue weighted by Crippen LogP contribution is 2.37. The van der Waals surface area contributed by atoms with Gasteiger partial charge in [-0.05, 0) is 69.9 Å². The Morgan fingerprint density at radius 3 is 2.44 bits per heavy atom. The maximum Gasteiger partial charge on any atom is 0.416 e. The molecule has 1 N–H and O–H groups in total. The summed E-state index contributed by atoms with van der Waals surface area (Å²) < 4.78 is 71.0. The summed E-state index contributed by atoms with van der Waals surface area (Å²) in [4.78, 5) is 8.92. The average Bonchev–Trinajstić information content (AvgIpc) is 2.76. The summed E-state index contributed by atoms with van der Waals surface area (Å²) in [5.41, 5.74) is -0.345. The van der Waals surface area contributed by atoms with E-state index >= 15 is 0 Å². The molecular formula is C26H29F4N3O3. The van der Waals surface area contributed by atoms with Crippen LogP contribution >= 0.6 is 0 Å². The lowest BCUT2D eigenvalue weighted by Crippen LogP contribution is -2.28. The minimum atomic E-state index is -4.66. The van der Waals surface area contributed by atoms with Crippen LogP contribution in [-0.4, -0.2) is 35.9 Å². The number of benzene rings is 2. The third kappa shape index (κ3) is 5.98. The van der Waals surface area contributed by atoms with E-state index in [1.165, 1.54) is 13.5 Å². The van der Waals surface area contributed by atoms with Crippen molar-refractivity contribution in [2.45, 2.75) is 64.5 Å². The second-order valence-electron chi connectivity index (χ2n) is 9.09. The lowest BCUT2D eigenvalue weighted by atomic mass is 9.96. The minimum absolute atomic E-state index is 0.137. The van der Waals surface area contributed by atoms with Gasteiger partial charge in [0.1, 0.15) is 23.6 Å². The van der Waals surface area contributed by atoms with Gasteiger partial charge in [-0.25, -0.2) is 14.4 Å². The molecule has 4 rings (SSSR count). The predicted octanol–water partition coefficient (Wildman–Crippen LogP) is 6.61. The SMILES string of the molecule is COc1cc2nc(C)nc(N[C@H](C)c3cc(F)cc(C(F)(F)F)c3)c2cc1OC(C)COC1CCC1. The molecule has 0 aliphatic heterocycles. The molecule has 0 saturated heterocycles. The van der Waals surface area contributed by atoms with E-state index in [0.717, 1.165) is 25.0 Å². The summed E-state index contributed by atoms with van der Waals surface area (Å²) in [7, 11) is 1.53. The summed E-state index contributed by atoms with van der Waals surface area (Å²) in [6.07, 6.45) is -1.32. The molecule has 2 atom stereocenters. The van der Waals surface area contributed by atoms with E-state index in [4.69, 9.17) is 14.2 Å². The van der Waals surface area contributed by atoms with E-state index in [1.54, 1.807) is 26.0 Å². The quantitative estimate of drug-likeness (QED) is 0.329. The van der Waals surface area contributed by atoms with Crippen LogP contribution in [0.1, 0.15) is 56.1 Å². The van der Waals surface area contributed by atoms with Crippen LogP contribution in [0.25, 0.3) is 10.9 Å². The highest BCUT2D eigenvalue weighted by Gasteiger charge is 2.32. The molecule has 1 aromatic heterocycles. The molecule has 2 aromatic carbocycles. The van der Waals surface area contributed by atoms with E-state index in [2.05, 4.69) is 15.3 Å². The average molecular weight is 508 g/mol. The van der Waals surface area contributed by atoms with Crippen molar-refractivity contribution in [3.05, 3.63) is 53.1 Å². The van der Waals surface area contributed by atoms with Gasteiger partial charge in [-0.3, -0.25) is 0 Å². The van der Waals surface area contributed by atoms with Crippen molar-refractivity contribution in [3.8, 4) is 11.5 Å². The van der Waals surface area contributed by atoms with E-state index in [0.29, 0.717) is 46.7 Å². The number of ether oxygens (including phenoxy) is 3. The lowest BCUT2D eigenvalue weighted by Gasteiger charge is -2.27. The fourth-order valence-electron chi connectivity index (χ4n) is 3.99. The molecule has 10 heteroatoms. The highest BCUT2D eigenvalue weighted by molar-refractivity contribution is 5.92. The third-order valence-electron chi connectivity index (χ3n) is 6.14. The van der Waals surface area contributed by atoms with Gasteiger partial charge in [-0.1, -0.05) is 0 Å². The summed E-state index contributed by atoms with van der Waals surface area (Å²) in [6.45, 7) is 5.67. The predicted molar refractivity (Wildman–Crippen MR) is 128 cm³/mol. The first-order chi connectivity index (χ1) is 17.0. The molecule has 6 nitrogen and oxygen atoms in total. The summed E-state index contributed by atoms with van der Waals surface area (Å²) in [5, 5.41) is 3.70. The molecule has 194 valence electrons. The number of hydrogen-bond donors (Lipinski definition) is 1. The first-order valence-corrected chi connectivity index (χ1v) is 11.8. The molecule has 1 unspecified atom stereocenters. The maximum atomic E-state index is 14.0. The molecule has 36 heavy (non-hydrogen) atoms. The van der Waals surface area contributed by atoms with Crippen LogP contribution in [0, 0.1) is 12.7 Å². The standard InChI is InChI=1S/C26H29F4N3O3/c1-14(13-35-20-6-5-7-20)36-24-11-21-22(12-23(24)34-4)32-16(3)33-25(21)31-15(2)17-8-18(26(28,29)30)10-19(27)9-17/h8-12,14-15,20H,5-7,13H2,1-4H3,(H,31,32,33)/t14?,15-/m1/s1. The topological polar surface area (TPSA) is 65.5 Å². The van der Waals surface area contributed by atoms with Crippen LogP contribution < -0.4 is 14.8 Å². The van der Waals surface area contributed by atoms with E-state index in [9.17, 15) is 17.6 Å². The normalized spacial score (nSPS) is 15.9. The Kier molecular flexibility index (Phi) is 7.54. The van der Waals surface area contributed by atoms with Crippen LogP contribution in [0.15, 0.2) is 30.3 Å². The lowest BCUT2D eigenvalue weighted by molar-refractivity contribution is -0.137. The molecule has 1 fully saturated rings. The second-order valence-corrected chi connectivity index (χ2v) is 9.09. The zero-order chi connectivity index (χ0) is 26.0. The van der Waals surface area contributed by atoms with Gasteiger partial charge in [0.25, 0.3) is 0 Å². The molecule has 1 aliphatic carbocycles. The van der Waals surface area contributed by atoms with Gasteiger partial charge in [0.2, 0.25) is 0 Å². The molecule has 3 aromatic rings. The Balaban J connectivity index is 1.63. The summed E-state index contributed by atoms with van der Waals surface area (Å²) in [6, 6.07) is 5.25. The van der Waals surface area contributed by atoms with Crippen molar-refractivity contribution >= 4 is 16.7 Å². The Morgan fingerprint density at radius 1 is 1.06 bits per heavy atom. The number of methoxy groups -OCH3 is 1.